The van der Waals surface area contributed by atoms with Crippen LogP contribution in [-0.4, -0.2) is 53.5 Å². The first-order valence-corrected chi connectivity index (χ1v) is 14.2. The topological polar surface area (TPSA) is 104 Å². The van der Waals surface area contributed by atoms with E-state index in [4.69, 9.17) is 0 Å². The Kier molecular flexibility index (Phi) is 7.92. The van der Waals surface area contributed by atoms with Gasteiger partial charge in [-0.25, -0.2) is 12.7 Å². The molecule has 8 nitrogen and oxygen atoms in total. The zero-order chi connectivity index (χ0) is 28.4. The van der Waals surface area contributed by atoms with Crippen molar-refractivity contribution in [3.63, 3.8) is 0 Å². The lowest BCUT2D eigenvalue weighted by Crippen LogP contribution is -2.56. The zero-order valence-corrected chi connectivity index (χ0v) is 23.4. The third-order valence-electron chi connectivity index (χ3n) is 6.40. The van der Waals surface area contributed by atoms with Gasteiger partial charge in [0.05, 0.1) is 5.56 Å². The molecule has 1 aliphatic rings. The number of nitrogens with one attached hydrogen (secondary N) is 1. The van der Waals surface area contributed by atoms with Crippen molar-refractivity contribution in [3.05, 3.63) is 101 Å². The SMILES string of the molecule is Cc1cccc(CN(C(=O)CN2C(=O)c3ccccc3S2(=O)=O)C(Cc2ccccc2)C(=O)NC(C)(C)C)c1. The van der Waals surface area contributed by atoms with E-state index in [2.05, 4.69) is 5.32 Å². The van der Waals surface area contributed by atoms with Crippen LogP contribution < -0.4 is 5.32 Å². The van der Waals surface area contributed by atoms with Gasteiger partial charge in [-0.05, 0) is 51.0 Å². The lowest BCUT2D eigenvalue weighted by Gasteiger charge is -2.34. The summed E-state index contributed by atoms with van der Waals surface area (Å²) >= 11 is 0. The van der Waals surface area contributed by atoms with Crippen LogP contribution in [0.5, 0.6) is 0 Å². The molecule has 1 atom stereocenters. The number of sulfonamides is 1. The molecule has 1 N–H and O–H groups in total. The van der Waals surface area contributed by atoms with Gasteiger partial charge in [0.25, 0.3) is 15.9 Å². The Labute approximate surface area is 229 Å². The molecule has 3 aromatic rings. The number of carbonyl (C=O) groups excluding carboxylic acids is 3. The van der Waals surface area contributed by atoms with Gasteiger partial charge in [-0.15, -0.1) is 0 Å². The standard InChI is InChI=1S/C30H33N3O5S/c1-21-11-10-14-23(17-21)19-32(25(28(35)31-30(2,3)4)18-22-12-6-5-7-13-22)27(34)20-33-29(36)24-15-8-9-16-26(24)39(33,37)38/h5-17,25H,18-20H2,1-4H3,(H,31,35). The van der Waals surface area contributed by atoms with E-state index in [-0.39, 0.29) is 29.3 Å². The van der Waals surface area contributed by atoms with E-state index in [1.54, 1.807) is 6.07 Å². The van der Waals surface area contributed by atoms with Gasteiger partial charge in [0.15, 0.2) is 0 Å². The van der Waals surface area contributed by atoms with Crippen molar-refractivity contribution in [1.82, 2.24) is 14.5 Å². The molecule has 1 aliphatic heterocycles. The average molecular weight is 548 g/mol. The van der Waals surface area contributed by atoms with E-state index >= 15 is 0 Å². The number of hydrogen-bond donors (Lipinski definition) is 1. The maximum atomic E-state index is 14.0. The Balaban J connectivity index is 1.73. The second-order valence-electron chi connectivity index (χ2n) is 10.8. The van der Waals surface area contributed by atoms with Crippen LogP contribution in [0.3, 0.4) is 0 Å². The van der Waals surface area contributed by atoms with Crippen molar-refractivity contribution in [2.75, 3.05) is 6.54 Å². The van der Waals surface area contributed by atoms with Crippen molar-refractivity contribution >= 4 is 27.7 Å². The minimum atomic E-state index is -4.20. The van der Waals surface area contributed by atoms with Crippen molar-refractivity contribution in [2.24, 2.45) is 0 Å². The van der Waals surface area contributed by atoms with Crippen LogP contribution >= 0.6 is 0 Å². The number of rotatable bonds is 8. The number of carbonyl (C=O) groups is 3. The summed E-state index contributed by atoms with van der Waals surface area (Å²) in [6, 6.07) is 21.8. The molecule has 0 fully saturated rings. The number of nitrogens with zero attached hydrogens (tertiary/aromatic N) is 2. The van der Waals surface area contributed by atoms with E-state index in [0.717, 1.165) is 16.7 Å². The molecule has 3 aromatic carbocycles. The third kappa shape index (κ3) is 6.37. The van der Waals surface area contributed by atoms with Gasteiger partial charge in [0.1, 0.15) is 17.5 Å². The van der Waals surface area contributed by atoms with Crippen molar-refractivity contribution < 1.29 is 22.8 Å². The van der Waals surface area contributed by atoms with E-state index in [1.165, 1.54) is 23.1 Å². The summed E-state index contributed by atoms with van der Waals surface area (Å²) in [5.74, 6) is -1.77. The summed E-state index contributed by atoms with van der Waals surface area (Å²) in [5, 5.41) is 2.97. The Hall–Kier alpha value is -3.98. The van der Waals surface area contributed by atoms with Gasteiger partial charge in [0, 0.05) is 18.5 Å². The predicted molar refractivity (Wildman–Crippen MR) is 148 cm³/mol. The van der Waals surface area contributed by atoms with Gasteiger partial charge in [-0.1, -0.05) is 72.3 Å². The minimum absolute atomic E-state index is 0.0295. The first kappa shape index (κ1) is 28.0. The summed E-state index contributed by atoms with van der Waals surface area (Å²) in [6.45, 7) is 6.83. The Morgan fingerprint density at radius 3 is 2.21 bits per heavy atom. The second-order valence-corrected chi connectivity index (χ2v) is 12.6. The number of benzene rings is 3. The van der Waals surface area contributed by atoms with Crippen LogP contribution in [0.25, 0.3) is 0 Å². The van der Waals surface area contributed by atoms with E-state index in [1.807, 2.05) is 82.3 Å². The molecule has 1 unspecified atom stereocenters. The Bertz CT molecular complexity index is 1500. The van der Waals surface area contributed by atoms with E-state index < -0.39 is 40.0 Å². The smallest absolute Gasteiger partial charge is 0.269 e. The lowest BCUT2D eigenvalue weighted by atomic mass is 10.0. The summed E-state index contributed by atoms with van der Waals surface area (Å²) in [5.41, 5.74) is 2.06. The maximum Gasteiger partial charge on any atom is 0.269 e. The highest BCUT2D eigenvalue weighted by molar-refractivity contribution is 7.90. The molecule has 0 aliphatic carbocycles. The Morgan fingerprint density at radius 1 is 0.923 bits per heavy atom. The van der Waals surface area contributed by atoms with Gasteiger partial charge in [0.2, 0.25) is 11.8 Å². The summed E-state index contributed by atoms with van der Waals surface area (Å²) in [7, 11) is -4.20. The lowest BCUT2D eigenvalue weighted by molar-refractivity contribution is -0.141. The summed E-state index contributed by atoms with van der Waals surface area (Å²) < 4.78 is 27.0. The first-order chi connectivity index (χ1) is 18.4. The number of hydrogen-bond acceptors (Lipinski definition) is 5. The number of fused-ring (bicyclic) bond motifs is 1. The number of aryl methyl sites for hydroxylation is 1. The van der Waals surface area contributed by atoms with E-state index in [0.29, 0.717) is 4.31 Å². The average Bonchev–Trinajstić information content (AvgIpc) is 3.06. The number of amides is 3. The highest BCUT2D eigenvalue weighted by Gasteiger charge is 2.43. The summed E-state index contributed by atoms with van der Waals surface area (Å²) in [6.07, 6.45) is 0.210. The molecular formula is C30H33N3O5S. The van der Waals surface area contributed by atoms with Crippen molar-refractivity contribution in [2.45, 2.75) is 57.1 Å². The highest BCUT2D eigenvalue weighted by atomic mass is 32.2. The molecule has 39 heavy (non-hydrogen) atoms. The normalized spacial score (nSPS) is 15.0. The molecule has 0 saturated heterocycles. The third-order valence-corrected chi connectivity index (χ3v) is 8.18. The monoisotopic (exact) mass is 547 g/mol. The van der Waals surface area contributed by atoms with Crippen LogP contribution in [0.4, 0.5) is 0 Å². The van der Waals surface area contributed by atoms with Crippen LogP contribution in [0, 0.1) is 6.92 Å². The van der Waals surface area contributed by atoms with Gasteiger partial charge in [-0.3, -0.25) is 14.4 Å². The van der Waals surface area contributed by atoms with Crippen molar-refractivity contribution in [1.29, 1.82) is 0 Å². The van der Waals surface area contributed by atoms with Gasteiger partial charge < -0.3 is 10.2 Å². The van der Waals surface area contributed by atoms with Crippen LogP contribution in [0.15, 0.2) is 83.8 Å². The highest BCUT2D eigenvalue weighted by Crippen LogP contribution is 2.30. The largest absolute Gasteiger partial charge is 0.350 e. The van der Waals surface area contributed by atoms with Crippen LogP contribution in [0.2, 0.25) is 0 Å². The fourth-order valence-electron chi connectivity index (χ4n) is 4.62. The minimum Gasteiger partial charge on any atom is -0.350 e. The fourth-order valence-corrected chi connectivity index (χ4v) is 6.13. The maximum absolute atomic E-state index is 14.0. The molecule has 0 spiro atoms. The Morgan fingerprint density at radius 2 is 1.56 bits per heavy atom. The first-order valence-electron chi connectivity index (χ1n) is 12.7. The molecule has 0 radical (unpaired) electrons. The quantitative estimate of drug-likeness (QED) is 0.463. The fraction of sp³-hybridized carbons (Fsp3) is 0.300. The second kappa shape index (κ2) is 11.0. The molecule has 3 amide bonds. The van der Waals surface area contributed by atoms with Crippen LogP contribution in [-0.2, 0) is 32.6 Å². The molecule has 0 aromatic heterocycles. The molecule has 0 saturated carbocycles. The van der Waals surface area contributed by atoms with E-state index in [9.17, 15) is 22.8 Å². The van der Waals surface area contributed by atoms with Gasteiger partial charge in [-0.2, -0.15) is 0 Å². The van der Waals surface area contributed by atoms with Crippen LogP contribution in [0.1, 0.15) is 47.8 Å². The molecule has 9 heteroatoms. The van der Waals surface area contributed by atoms with Gasteiger partial charge >= 0.3 is 0 Å². The molecule has 204 valence electrons. The zero-order valence-electron chi connectivity index (χ0n) is 22.5. The van der Waals surface area contributed by atoms with Crippen molar-refractivity contribution in [3.8, 4) is 0 Å². The molecule has 0 bridgehead atoms. The predicted octanol–water partition coefficient (Wildman–Crippen LogP) is 3.69. The molecular weight excluding hydrogens is 514 g/mol. The summed E-state index contributed by atoms with van der Waals surface area (Å²) in [4.78, 5) is 41.9. The molecule has 1 heterocycles. The molecule has 4 rings (SSSR count).